The average molecular weight is 405 g/mol. The Balaban J connectivity index is 1.79. The molecule has 3 rings (SSSR count). The Morgan fingerprint density at radius 2 is 1.86 bits per heavy atom. The Kier molecular flexibility index (Phi) is 6.65. The highest BCUT2D eigenvalue weighted by atomic mass is 35.5. The van der Waals surface area contributed by atoms with Crippen LogP contribution < -0.4 is 5.32 Å². The summed E-state index contributed by atoms with van der Waals surface area (Å²) in [6.45, 7) is 1.86. The van der Waals surface area contributed by atoms with Gasteiger partial charge in [-0.3, -0.25) is 9.69 Å². The predicted octanol–water partition coefficient (Wildman–Crippen LogP) is 3.83. The average Bonchev–Trinajstić information content (AvgIpc) is 3.24. The van der Waals surface area contributed by atoms with E-state index in [2.05, 4.69) is 15.0 Å². The second-order valence-corrected chi connectivity index (χ2v) is 7.08. The van der Waals surface area contributed by atoms with Gasteiger partial charge in [0.2, 0.25) is 0 Å². The second-order valence-electron chi connectivity index (χ2n) is 6.68. The van der Waals surface area contributed by atoms with Crippen LogP contribution in [0.25, 0.3) is 0 Å². The number of likely N-dealkylation sites (tertiary alicyclic amines) is 1. The standard InChI is InChI=1S/C21H22ClFN2O3/c1-28-21(27)15-7-4-6-14(12-15)20(26)24-13-18(25-10-2-3-11-25)19-16(22)8-5-9-17(19)23/h4-9,12,18H,2-3,10-11,13H2,1H3,(H,24,26). The number of nitrogens with zero attached hydrogens (tertiary/aromatic N) is 1. The molecule has 2 aromatic rings. The highest BCUT2D eigenvalue weighted by molar-refractivity contribution is 6.31. The van der Waals surface area contributed by atoms with Gasteiger partial charge in [-0.25, -0.2) is 9.18 Å². The summed E-state index contributed by atoms with van der Waals surface area (Å²) in [5.41, 5.74) is 1.03. The molecule has 1 fully saturated rings. The number of carbonyl (C=O) groups excluding carboxylic acids is 2. The monoisotopic (exact) mass is 404 g/mol. The lowest BCUT2D eigenvalue weighted by Gasteiger charge is -2.29. The minimum absolute atomic E-state index is 0.210. The minimum atomic E-state index is -0.511. The minimum Gasteiger partial charge on any atom is -0.465 e. The Labute approximate surface area is 168 Å². The molecule has 0 saturated carbocycles. The second kappa shape index (κ2) is 9.17. The van der Waals surface area contributed by atoms with Crippen LogP contribution in [0, 0.1) is 5.82 Å². The maximum absolute atomic E-state index is 14.5. The van der Waals surface area contributed by atoms with Crippen molar-refractivity contribution < 1.29 is 18.7 Å². The van der Waals surface area contributed by atoms with Crippen LogP contribution in [-0.4, -0.2) is 43.5 Å². The van der Waals surface area contributed by atoms with Crippen molar-refractivity contribution in [1.82, 2.24) is 10.2 Å². The van der Waals surface area contributed by atoms with E-state index in [1.54, 1.807) is 30.3 Å². The van der Waals surface area contributed by atoms with Crippen molar-refractivity contribution in [1.29, 1.82) is 0 Å². The van der Waals surface area contributed by atoms with Crippen molar-refractivity contribution in [2.24, 2.45) is 0 Å². The number of amides is 1. The molecule has 1 aliphatic rings. The topological polar surface area (TPSA) is 58.6 Å². The summed E-state index contributed by atoms with van der Waals surface area (Å²) in [4.78, 5) is 26.4. The molecule has 0 aliphatic carbocycles. The molecule has 0 spiro atoms. The molecule has 7 heteroatoms. The first-order valence-corrected chi connectivity index (χ1v) is 9.53. The normalized spacial score (nSPS) is 15.2. The van der Waals surface area contributed by atoms with Gasteiger partial charge in [-0.05, 0) is 56.3 Å². The number of carbonyl (C=O) groups is 2. The fourth-order valence-corrected chi connectivity index (χ4v) is 3.78. The van der Waals surface area contributed by atoms with E-state index in [0.29, 0.717) is 21.7 Å². The molecule has 5 nitrogen and oxygen atoms in total. The third-order valence-corrected chi connectivity index (χ3v) is 5.25. The zero-order valence-electron chi connectivity index (χ0n) is 15.6. The lowest BCUT2D eigenvalue weighted by Crippen LogP contribution is -2.37. The molecule has 1 aliphatic heterocycles. The van der Waals surface area contributed by atoms with E-state index in [9.17, 15) is 14.0 Å². The fourth-order valence-electron chi connectivity index (χ4n) is 3.49. The molecule has 1 atom stereocenters. The van der Waals surface area contributed by atoms with Gasteiger partial charge in [-0.15, -0.1) is 0 Å². The van der Waals surface area contributed by atoms with Gasteiger partial charge in [-0.1, -0.05) is 23.7 Å². The van der Waals surface area contributed by atoms with Crippen molar-refractivity contribution >= 4 is 23.5 Å². The molecule has 148 valence electrons. The van der Waals surface area contributed by atoms with Crippen LogP contribution in [0.4, 0.5) is 4.39 Å². The van der Waals surface area contributed by atoms with Crippen LogP contribution in [0.3, 0.4) is 0 Å². The first-order chi connectivity index (χ1) is 13.5. The van der Waals surface area contributed by atoms with Gasteiger partial charge in [-0.2, -0.15) is 0 Å². The van der Waals surface area contributed by atoms with Gasteiger partial charge in [0.15, 0.2) is 0 Å². The van der Waals surface area contributed by atoms with E-state index in [1.807, 2.05) is 0 Å². The first kappa shape index (κ1) is 20.3. The van der Waals surface area contributed by atoms with E-state index in [-0.39, 0.29) is 24.3 Å². The third-order valence-electron chi connectivity index (χ3n) is 4.92. The van der Waals surface area contributed by atoms with Crippen molar-refractivity contribution in [3.63, 3.8) is 0 Å². The van der Waals surface area contributed by atoms with Crippen molar-refractivity contribution in [2.75, 3.05) is 26.7 Å². The number of nitrogens with one attached hydrogen (secondary N) is 1. The summed E-state index contributed by atoms with van der Waals surface area (Å²) < 4.78 is 19.2. The molecule has 1 unspecified atom stereocenters. The first-order valence-electron chi connectivity index (χ1n) is 9.16. The van der Waals surface area contributed by atoms with E-state index >= 15 is 0 Å². The van der Waals surface area contributed by atoms with Crippen LogP contribution >= 0.6 is 11.6 Å². The number of methoxy groups -OCH3 is 1. The molecule has 1 heterocycles. The number of halogens is 2. The van der Waals surface area contributed by atoms with Gasteiger partial charge < -0.3 is 10.1 Å². The zero-order valence-corrected chi connectivity index (χ0v) is 16.3. The number of ether oxygens (including phenoxy) is 1. The molecule has 2 aromatic carbocycles. The van der Waals surface area contributed by atoms with E-state index in [1.165, 1.54) is 19.2 Å². The highest BCUT2D eigenvalue weighted by Crippen LogP contribution is 2.32. The summed E-state index contributed by atoms with van der Waals surface area (Å²) in [6.07, 6.45) is 2.05. The van der Waals surface area contributed by atoms with Gasteiger partial charge in [0.1, 0.15) is 5.82 Å². The van der Waals surface area contributed by atoms with Crippen LogP contribution in [0.5, 0.6) is 0 Å². The van der Waals surface area contributed by atoms with Crippen LogP contribution in [0.15, 0.2) is 42.5 Å². The summed E-state index contributed by atoms with van der Waals surface area (Å²) >= 11 is 6.28. The van der Waals surface area contributed by atoms with E-state index < -0.39 is 5.97 Å². The van der Waals surface area contributed by atoms with Gasteiger partial charge >= 0.3 is 5.97 Å². The Morgan fingerprint density at radius 3 is 2.54 bits per heavy atom. The molecule has 28 heavy (non-hydrogen) atoms. The van der Waals surface area contributed by atoms with Crippen molar-refractivity contribution in [3.8, 4) is 0 Å². The number of hydrogen-bond acceptors (Lipinski definition) is 4. The van der Waals surface area contributed by atoms with Crippen LogP contribution in [0.1, 0.15) is 45.2 Å². The van der Waals surface area contributed by atoms with Crippen molar-refractivity contribution in [2.45, 2.75) is 18.9 Å². The molecule has 0 aromatic heterocycles. The van der Waals surface area contributed by atoms with Crippen molar-refractivity contribution in [3.05, 3.63) is 70.0 Å². The molecule has 1 N–H and O–H groups in total. The summed E-state index contributed by atoms with van der Waals surface area (Å²) in [5.74, 6) is -1.24. The zero-order chi connectivity index (χ0) is 20.1. The Hall–Kier alpha value is -2.44. The lowest BCUT2D eigenvalue weighted by molar-refractivity contribution is 0.0600. The molecule has 1 saturated heterocycles. The highest BCUT2D eigenvalue weighted by Gasteiger charge is 2.28. The summed E-state index contributed by atoms with van der Waals surface area (Å²) in [7, 11) is 1.29. The maximum Gasteiger partial charge on any atom is 0.337 e. The maximum atomic E-state index is 14.5. The van der Waals surface area contributed by atoms with E-state index in [0.717, 1.165) is 25.9 Å². The molecular formula is C21H22ClFN2O3. The largest absolute Gasteiger partial charge is 0.465 e. The summed E-state index contributed by atoms with van der Waals surface area (Å²) in [5, 5.41) is 3.20. The van der Waals surface area contributed by atoms with Gasteiger partial charge in [0.25, 0.3) is 5.91 Å². The third kappa shape index (κ3) is 4.51. The van der Waals surface area contributed by atoms with E-state index in [4.69, 9.17) is 11.6 Å². The van der Waals surface area contributed by atoms with Gasteiger partial charge in [0, 0.05) is 22.7 Å². The number of hydrogen-bond donors (Lipinski definition) is 1. The molecular weight excluding hydrogens is 383 g/mol. The SMILES string of the molecule is COC(=O)c1cccc(C(=O)NCC(c2c(F)cccc2Cl)N2CCCC2)c1. The van der Waals surface area contributed by atoms with Gasteiger partial charge in [0.05, 0.1) is 18.7 Å². The molecule has 1 amide bonds. The fraction of sp³-hybridized carbons (Fsp3) is 0.333. The molecule has 0 bridgehead atoms. The number of benzene rings is 2. The summed E-state index contributed by atoms with van der Waals surface area (Å²) in [6, 6.07) is 10.5. The number of esters is 1. The van der Waals surface area contributed by atoms with Crippen LogP contribution in [-0.2, 0) is 4.74 Å². The quantitative estimate of drug-likeness (QED) is 0.743. The lowest BCUT2D eigenvalue weighted by atomic mass is 10.0. The Morgan fingerprint density at radius 1 is 1.18 bits per heavy atom. The number of rotatable bonds is 6. The Bertz CT molecular complexity index is 848. The molecule has 0 radical (unpaired) electrons. The van der Waals surface area contributed by atoms with Crippen LogP contribution in [0.2, 0.25) is 5.02 Å². The smallest absolute Gasteiger partial charge is 0.337 e. The predicted molar refractivity (Wildman–Crippen MR) is 105 cm³/mol.